The maximum Gasteiger partial charge on any atom is 0.326 e. The van der Waals surface area contributed by atoms with Crippen LogP contribution in [0.2, 0.25) is 0 Å². The second kappa shape index (κ2) is 9.12. The van der Waals surface area contributed by atoms with Gasteiger partial charge in [0.15, 0.2) is 0 Å². The molecule has 116 valence electrons. The smallest absolute Gasteiger partial charge is 0.326 e. The molecule has 0 aromatic heterocycles. The summed E-state index contributed by atoms with van der Waals surface area (Å²) in [5, 5.41) is 14.1. The number of benzene rings is 1. The first kappa shape index (κ1) is 17.2. The molecule has 1 aromatic carbocycles. The van der Waals surface area contributed by atoms with Gasteiger partial charge >= 0.3 is 12.0 Å². The Hall–Kier alpha value is -1.89. The SMILES string of the molecule is CCOc1cccc(NC(=O)NC(CCSC)C(=O)O)c1. The highest BCUT2D eigenvalue weighted by molar-refractivity contribution is 7.98. The van der Waals surface area contributed by atoms with Gasteiger partial charge in [0.05, 0.1) is 6.61 Å². The lowest BCUT2D eigenvalue weighted by molar-refractivity contribution is -0.139. The van der Waals surface area contributed by atoms with Crippen LogP contribution in [0, 0.1) is 0 Å². The lowest BCUT2D eigenvalue weighted by Gasteiger charge is -2.15. The van der Waals surface area contributed by atoms with Crippen molar-refractivity contribution < 1.29 is 19.4 Å². The van der Waals surface area contributed by atoms with Crippen molar-refractivity contribution in [2.45, 2.75) is 19.4 Å². The average molecular weight is 312 g/mol. The van der Waals surface area contributed by atoms with Crippen molar-refractivity contribution in [2.24, 2.45) is 0 Å². The third kappa shape index (κ3) is 6.40. The van der Waals surface area contributed by atoms with E-state index in [4.69, 9.17) is 9.84 Å². The first-order valence-electron chi connectivity index (χ1n) is 6.59. The lowest BCUT2D eigenvalue weighted by atomic mass is 10.2. The summed E-state index contributed by atoms with van der Waals surface area (Å²) >= 11 is 1.53. The average Bonchev–Trinajstić information content (AvgIpc) is 2.44. The van der Waals surface area contributed by atoms with Gasteiger partial charge in [-0.2, -0.15) is 11.8 Å². The molecule has 0 aliphatic heterocycles. The number of carbonyl (C=O) groups is 2. The van der Waals surface area contributed by atoms with Gasteiger partial charge in [-0.3, -0.25) is 0 Å². The Labute approximate surface area is 128 Å². The Morgan fingerprint density at radius 3 is 2.81 bits per heavy atom. The molecule has 3 N–H and O–H groups in total. The number of carboxylic acids is 1. The van der Waals surface area contributed by atoms with Crippen LogP contribution in [-0.2, 0) is 4.79 Å². The van der Waals surface area contributed by atoms with E-state index in [0.29, 0.717) is 30.2 Å². The lowest BCUT2D eigenvalue weighted by Crippen LogP contribution is -2.43. The van der Waals surface area contributed by atoms with Crippen molar-refractivity contribution in [3.8, 4) is 5.75 Å². The number of nitrogens with one attached hydrogen (secondary N) is 2. The molecule has 6 nitrogen and oxygen atoms in total. The Bertz CT molecular complexity index is 482. The zero-order chi connectivity index (χ0) is 15.7. The zero-order valence-corrected chi connectivity index (χ0v) is 12.9. The number of carboxylic acid groups (broad SMARTS) is 1. The molecule has 21 heavy (non-hydrogen) atoms. The summed E-state index contributed by atoms with van der Waals surface area (Å²) in [6.45, 7) is 2.40. The number of anilines is 1. The fraction of sp³-hybridized carbons (Fsp3) is 0.429. The standard InChI is InChI=1S/C14H20N2O4S/c1-3-20-11-6-4-5-10(9-11)15-14(19)16-12(13(17)18)7-8-21-2/h4-6,9,12H,3,7-8H2,1-2H3,(H,17,18)(H2,15,16,19). The van der Waals surface area contributed by atoms with E-state index in [-0.39, 0.29) is 0 Å². The monoisotopic (exact) mass is 312 g/mol. The van der Waals surface area contributed by atoms with E-state index in [1.54, 1.807) is 24.3 Å². The number of aliphatic carboxylic acids is 1. The highest BCUT2D eigenvalue weighted by Gasteiger charge is 2.19. The number of hydrogen-bond donors (Lipinski definition) is 3. The van der Waals surface area contributed by atoms with E-state index in [1.165, 1.54) is 11.8 Å². The van der Waals surface area contributed by atoms with Crippen molar-refractivity contribution >= 4 is 29.4 Å². The van der Waals surface area contributed by atoms with Crippen LogP contribution >= 0.6 is 11.8 Å². The normalized spacial score (nSPS) is 11.5. The van der Waals surface area contributed by atoms with Gasteiger partial charge in [-0.05, 0) is 37.5 Å². The van der Waals surface area contributed by atoms with Crippen LogP contribution in [0.25, 0.3) is 0 Å². The Kier molecular flexibility index (Phi) is 7.45. The molecule has 0 aliphatic carbocycles. The second-order valence-corrected chi connectivity index (χ2v) is 5.22. The molecule has 2 amide bonds. The summed E-state index contributed by atoms with van der Waals surface area (Å²) in [6.07, 6.45) is 2.26. The maximum atomic E-state index is 11.8. The Morgan fingerprint density at radius 2 is 2.19 bits per heavy atom. The molecular weight excluding hydrogens is 292 g/mol. The van der Waals surface area contributed by atoms with Crippen LogP contribution in [0.4, 0.5) is 10.5 Å². The molecule has 0 aliphatic rings. The molecule has 7 heteroatoms. The van der Waals surface area contributed by atoms with E-state index in [9.17, 15) is 9.59 Å². The third-order valence-corrected chi connectivity index (χ3v) is 3.26. The molecular formula is C14H20N2O4S. The largest absolute Gasteiger partial charge is 0.494 e. The summed E-state index contributed by atoms with van der Waals surface area (Å²) in [4.78, 5) is 22.9. The van der Waals surface area contributed by atoms with Crippen LogP contribution in [-0.4, -0.2) is 41.8 Å². The number of thioether (sulfide) groups is 1. The number of carbonyl (C=O) groups excluding carboxylic acids is 1. The zero-order valence-electron chi connectivity index (χ0n) is 12.1. The first-order valence-corrected chi connectivity index (χ1v) is 7.98. The van der Waals surface area contributed by atoms with Gasteiger partial charge in [-0.1, -0.05) is 6.07 Å². The minimum Gasteiger partial charge on any atom is -0.494 e. The van der Waals surface area contributed by atoms with Crippen LogP contribution in [0.3, 0.4) is 0 Å². The minimum atomic E-state index is -1.04. The fourth-order valence-corrected chi connectivity index (χ4v) is 2.12. The van der Waals surface area contributed by atoms with E-state index in [1.807, 2.05) is 13.2 Å². The van der Waals surface area contributed by atoms with E-state index in [0.717, 1.165) is 0 Å². The van der Waals surface area contributed by atoms with E-state index >= 15 is 0 Å². The van der Waals surface area contributed by atoms with Gasteiger partial charge < -0.3 is 20.5 Å². The van der Waals surface area contributed by atoms with Crippen molar-refractivity contribution in [2.75, 3.05) is 23.9 Å². The summed E-state index contributed by atoms with van der Waals surface area (Å²) < 4.78 is 5.33. The van der Waals surface area contributed by atoms with E-state index < -0.39 is 18.0 Å². The molecule has 0 bridgehead atoms. The molecule has 1 unspecified atom stereocenters. The van der Waals surface area contributed by atoms with Crippen molar-refractivity contribution in [1.82, 2.24) is 5.32 Å². The van der Waals surface area contributed by atoms with Gasteiger partial charge in [-0.25, -0.2) is 9.59 Å². The number of hydrogen-bond acceptors (Lipinski definition) is 4. The van der Waals surface area contributed by atoms with Gasteiger partial charge in [0, 0.05) is 11.8 Å². The molecule has 0 radical (unpaired) electrons. The molecule has 0 spiro atoms. The minimum absolute atomic E-state index is 0.378. The number of ether oxygens (including phenoxy) is 1. The van der Waals surface area contributed by atoms with Crippen LogP contribution in [0.5, 0.6) is 5.75 Å². The van der Waals surface area contributed by atoms with Gasteiger partial charge in [0.2, 0.25) is 0 Å². The maximum absolute atomic E-state index is 11.8. The molecule has 0 saturated heterocycles. The molecule has 0 fully saturated rings. The van der Waals surface area contributed by atoms with Crippen molar-refractivity contribution in [3.05, 3.63) is 24.3 Å². The Balaban J connectivity index is 2.58. The molecule has 1 aromatic rings. The fourth-order valence-electron chi connectivity index (χ4n) is 1.65. The van der Waals surface area contributed by atoms with Gasteiger partial charge in [-0.15, -0.1) is 0 Å². The highest BCUT2D eigenvalue weighted by Crippen LogP contribution is 2.17. The summed E-state index contributed by atoms with van der Waals surface area (Å²) in [6, 6.07) is 5.49. The summed E-state index contributed by atoms with van der Waals surface area (Å²) in [7, 11) is 0. The van der Waals surface area contributed by atoms with Crippen LogP contribution < -0.4 is 15.4 Å². The quantitative estimate of drug-likeness (QED) is 0.686. The molecule has 1 rings (SSSR count). The number of urea groups is 1. The summed E-state index contributed by atoms with van der Waals surface area (Å²) in [5.74, 6) is 0.270. The number of amides is 2. The molecule has 0 saturated carbocycles. The predicted octanol–water partition coefficient (Wildman–Crippen LogP) is 2.41. The van der Waals surface area contributed by atoms with Gasteiger partial charge in [0.1, 0.15) is 11.8 Å². The summed E-state index contributed by atoms with van der Waals surface area (Å²) in [5.41, 5.74) is 0.549. The van der Waals surface area contributed by atoms with Crippen molar-refractivity contribution in [3.63, 3.8) is 0 Å². The second-order valence-electron chi connectivity index (χ2n) is 4.23. The topological polar surface area (TPSA) is 87.7 Å². The van der Waals surface area contributed by atoms with Gasteiger partial charge in [0.25, 0.3) is 0 Å². The highest BCUT2D eigenvalue weighted by atomic mass is 32.2. The molecule has 1 atom stereocenters. The number of rotatable bonds is 8. The molecule has 0 heterocycles. The van der Waals surface area contributed by atoms with Crippen LogP contribution in [0.15, 0.2) is 24.3 Å². The predicted molar refractivity (Wildman–Crippen MR) is 84.2 cm³/mol. The van der Waals surface area contributed by atoms with E-state index in [2.05, 4.69) is 10.6 Å². The van der Waals surface area contributed by atoms with Crippen LogP contribution in [0.1, 0.15) is 13.3 Å². The Morgan fingerprint density at radius 1 is 1.43 bits per heavy atom. The first-order chi connectivity index (χ1) is 10.1. The van der Waals surface area contributed by atoms with Crippen molar-refractivity contribution in [1.29, 1.82) is 0 Å². The third-order valence-electron chi connectivity index (χ3n) is 2.62.